The summed E-state index contributed by atoms with van der Waals surface area (Å²) in [5.41, 5.74) is 4.94. The van der Waals surface area contributed by atoms with Gasteiger partial charge in [-0.15, -0.1) is 0 Å². The third-order valence-corrected chi connectivity index (χ3v) is 2.46. The van der Waals surface area contributed by atoms with Gasteiger partial charge < -0.3 is 5.32 Å². The Kier molecular flexibility index (Phi) is 3.89. The minimum absolute atomic E-state index is 0.227. The Morgan fingerprint density at radius 1 is 1.20 bits per heavy atom. The molecule has 0 radical (unpaired) electrons. The van der Waals surface area contributed by atoms with E-state index in [9.17, 15) is 4.79 Å². The molecule has 15 heavy (non-hydrogen) atoms. The molecule has 0 saturated carbocycles. The highest BCUT2D eigenvalue weighted by Gasteiger charge is 2.03. The number of Topliss-reactive ketones (excluding diaryl/α,β-unsaturated/α-hetero) is 1. The lowest BCUT2D eigenvalue weighted by Crippen LogP contribution is -2.08. The molecule has 82 valence electrons. The van der Waals surface area contributed by atoms with Crippen molar-refractivity contribution in [2.75, 3.05) is 11.9 Å². The molecule has 0 aliphatic heterocycles. The van der Waals surface area contributed by atoms with E-state index in [4.69, 9.17) is 0 Å². The highest BCUT2D eigenvalue weighted by atomic mass is 16.1. The van der Waals surface area contributed by atoms with Gasteiger partial charge >= 0.3 is 0 Å². The fourth-order valence-corrected chi connectivity index (χ4v) is 1.82. The smallest absolute Gasteiger partial charge is 0.131 e. The van der Waals surface area contributed by atoms with Crippen LogP contribution in [0.5, 0.6) is 0 Å². The first-order valence-electron chi connectivity index (χ1n) is 5.32. The normalized spacial score (nSPS) is 10.1. The third-order valence-electron chi connectivity index (χ3n) is 2.46. The Labute approximate surface area is 91.7 Å². The SMILES string of the molecule is CC(=O)CCNc1c(C)cc(C)cc1C. The molecule has 2 nitrogen and oxygen atoms in total. The van der Waals surface area contributed by atoms with Gasteiger partial charge in [0.25, 0.3) is 0 Å². The van der Waals surface area contributed by atoms with Crippen LogP contribution in [0.15, 0.2) is 12.1 Å². The number of carbonyl (C=O) groups excluding carboxylic acids is 1. The van der Waals surface area contributed by atoms with Gasteiger partial charge in [-0.25, -0.2) is 0 Å². The summed E-state index contributed by atoms with van der Waals surface area (Å²) in [5.74, 6) is 0.227. The van der Waals surface area contributed by atoms with E-state index in [1.165, 1.54) is 22.4 Å². The maximum Gasteiger partial charge on any atom is 0.131 e. The van der Waals surface area contributed by atoms with Gasteiger partial charge in [0, 0.05) is 18.7 Å². The van der Waals surface area contributed by atoms with Crippen LogP contribution < -0.4 is 5.32 Å². The summed E-state index contributed by atoms with van der Waals surface area (Å²) in [7, 11) is 0. The lowest BCUT2D eigenvalue weighted by Gasteiger charge is -2.13. The van der Waals surface area contributed by atoms with Gasteiger partial charge in [0.15, 0.2) is 0 Å². The van der Waals surface area contributed by atoms with Crippen molar-refractivity contribution >= 4 is 11.5 Å². The molecule has 0 aliphatic carbocycles. The fourth-order valence-electron chi connectivity index (χ4n) is 1.82. The molecule has 0 unspecified atom stereocenters. The summed E-state index contributed by atoms with van der Waals surface area (Å²) < 4.78 is 0. The summed E-state index contributed by atoms with van der Waals surface area (Å²) >= 11 is 0. The van der Waals surface area contributed by atoms with Crippen LogP contribution in [0, 0.1) is 20.8 Å². The van der Waals surface area contributed by atoms with Crippen LogP contribution in [0.3, 0.4) is 0 Å². The lowest BCUT2D eigenvalue weighted by molar-refractivity contribution is -0.116. The number of nitrogens with one attached hydrogen (secondary N) is 1. The number of benzene rings is 1. The number of carbonyl (C=O) groups is 1. The average Bonchev–Trinajstić information content (AvgIpc) is 2.08. The number of ketones is 1. The Morgan fingerprint density at radius 2 is 1.73 bits per heavy atom. The summed E-state index contributed by atoms with van der Waals surface area (Å²) in [6.07, 6.45) is 0.590. The molecule has 0 aliphatic rings. The number of hydrogen-bond donors (Lipinski definition) is 1. The van der Waals surface area contributed by atoms with Crippen LogP contribution >= 0.6 is 0 Å². The van der Waals surface area contributed by atoms with Crippen LogP contribution in [0.2, 0.25) is 0 Å². The summed E-state index contributed by atoms with van der Waals surface area (Å²) in [6.45, 7) is 8.63. The summed E-state index contributed by atoms with van der Waals surface area (Å²) in [5, 5.41) is 3.32. The van der Waals surface area contributed by atoms with Crippen molar-refractivity contribution in [3.63, 3.8) is 0 Å². The molecule has 0 bridgehead atoms. The molecule has 0 spiro atoms. The second kappa shape index (κ2) is 4.96. The average molecular weight is 205 g/mol. The Bertz CT molecular complexity index is 346. The van der Waals surface area contributed by atoms with Gasteiger partial charge in [0.05, 0.1) is 0 Å². The number of anilines is 1. The van der Waals surface area contributed by atoms with Crippen molar-refractivity contribution in [1.82, 2.24) is 0 Å². The molecule has 1 N–H and O–H groups in total. The van der Waals surface area contributed by atoms with Gasteiger partial charge in [-0.3, -0.25) is 4.79 Å². The maximum atomic E-state index is 10.8. The van der Waals surface area contributed by atoms with Gasteiger partial charge in [0.2, 0.25) is 0 Å². The number of rotatable bonds is 4. The topological polar surface area (TPSA) is 29.1 Å². The minimum Gasteiger partial charge on any atom is -0.384 e. The first-order valence-corrected chi connectivity index (χ1v) is 5.32. The molecule has 1 aromatic carbocycles. The molecule has 0 aromatic heterocycles. The van der Waals surface area contributed by atoms with Crippen molar-refractivity contribution in [3.05, 3.63) is 28.8 Å². The van der Waals surface area contributed by atoms with E-state index in [1.54, 1.807) is 6.92 Å². The van der Waals surface area contributed by atoms with Gasteiger partial charge in [-0.05, 0) is 38.8 Å². The van der Waals surface area contributed by atoms with E-state index in [1.807, 2.05) is 0 Å². The molecular formula is C13H19NO. The highest BCUT2D eigenvalue weighted by molar-refractivity contribution is 5.76. The van der Waals surface area contributed by atoms with E-state index in [0.29, 0.717) is 6.42 Å². The molecule has 1 aromatic rings. The number of aryl methyl sites for hydroxylation is 3. The van der Waals surface area contributed by atoms with Crippen LogP contribution in [0.1, 0.15) is 30.0 Å². The molecule has 1 rings (SSSR count). The van der Waals surface area contributed by atoms with Gasteiger partial charge in [0.1, 0.15) is 5.78 Å². The lowest BCUT2D eigenvalue weighted by atomic mass is 10.1. The zero-order chi connectivity index (χ0) is 11.4. The number of hydrogen-bond acceptors (Lipinski definition) is 2. The highest BCUT2D eigenvalue weighted by Crippen LogP contribution is 2.21. The molecule has 0 saturated heterocycles. The Morgan fingerprint density at radius 3 is 2.20 bits per heavy atom. The van der Waals surface area contributed by atoms with Crippen LogP contribution in [0.4, 0.5) is 5.69 Å². The Balaban J connectivity index is 2.72. The minimum atomic E-state index is 0.227. The summed E-state index contributed by atoms with van der Waals surface area (Å²) in [4.78, 5) is 10.8. The predicted octanol–water partition coefficient (Wildman–Crippen LogP) is 3.00. The van der Waals surface area contributed by atoms with E-state index >= 15 is 0 Å². The van der Waals surface area contributed by atoms with E-state index < -0.39 is 0 Å². The van der Waals surface area contributed by atoms with Crippen molar-refractivity contribution in [3.8, 4) is 0 Å². The second-order valence-corrected chi connectivity index (χ2v) is 4.15. The van der Waals surface area contributed by atoms with E-state index in [0.717, 1.165) is 6.54 Å². The largest absolute Gasteiger partial charge is 0.384 e. The molecule has 2 heteroatoms. The maximum absolute atomic E-state index is 10.8. The molecule has 0 atom stereocenters. The third kappa shape index (κ3) is 3.39. The Hall–Kier alpha value is -1.31. The van der Waals surface area contributed by atoms with Crippen molar-refractivity contribution in [2.45, 2.75) is 34.1 Å². The standard InChI is InChI=1S/C13H19NO/c1-9-7-10(2)13(11(3)8-9)14-6-5-12(4)15/h7-8,14H,5-6H2,1-4H3. The predicted molar refractivity (Wildman–Crippen MR) is 64.4 cm³/mol. The molecular weight excluding hydrogens is 186 g/mol. The first-order chi connectivity index (χ1) is 7.00. The molecule has 0 amide bonds. The van der Waals surface area contributed by atoms with Crippen molar-refractivity contribution in [1.29, 1.82) is 0 Å². The molecule has 0 heterocycles. The van der Waals surface area contributed by atoms with Crippen molar-refractivity contribution in [2.24, 2.45) is 0 Å². The second-order valence-electron chi connectivity index (χ2n) is 4.15. The van der Waals surface area contributed by atoms with E-state index in [-0.39, 0.29) is 5.78 Å². The monoisotopic (exact) mass is 205 g/mol. The first kappa shape index (κ1) is 11.8. The van der Waals surface area contributed by atoms with E-state index in [2.05, 4.69) is 38.2 Å². The van der Waals surface area contributed by atoms with Crippen LogP contribution in [-0.4, -0.2) is 12.3 Å². The van der Waals surface area contributed by atoms with Crippen molar-refractivity contribution < 1.29 is 4.79 Å². The fraction of sp³-hybridized carbons (Fsp3) is 0.462. The van der Waals surface area contributed by atoms with Gasteiger partial charge in [-0.1, -0.05) is 17.7 Å². The quantitative estimate of drug-likeness (QED) is 0.818. The summed E-state index contributed by atoms with van der Waals surface area (Å²) in [6, 6.07) is 4.31. The zero-order valence-corrected chi connectivity index (χ0v) is 9.98. The van der Waals surface area contributed by atoms with Crippen LogP contribution in [0.25, 0.3) is 0 Å². The van der Waals surface area contributed by atoms with Gasteiger partial charge in [-0.2, -0.15) is 0 Å². The van der Waals surface area contributed by atoms with Crippen LogP contribution in [-0.2, 0) is 4.79 Å². The molecule has 0 fully saturated rings. The zero-order valence-electron chi connectivity index (χ0n) is 9.98.